The molecule has 3 aromatic carbocycles. The minimum absolute atomic E-state index is 0.0241. The fraction of sp³-hybridized carbons (Fsp3) is 0.154. The zero-order valence-electron chi connectivity index (χ0n) is 18.2. The second-order valence-corrected chi connectivity index (χ2v) is 7.18. The van der Waals surface area contributed by atoms with E-state index in [2.05, 4.69) is 5.32 Å². The molecule has 0 aliphatic rings. The predicted octanol–water partition coefficient (Wildman–Crippen LogP) is 5.35. The summed E-state index contributed by atoms with van der Waals surface area (Å²) in [5.41, 5.74) is 1.93. The second-order valence-electron chi connectivity index (χ2n) is 7.18. The zero-order chi connectivity index (χ0) is 22.9. The third-order valence-electron chi connectivity index (χ3n) is 4.33. The fourth-order valence-electron chi connectivity index (χ4n) is 2.85. The number of nitrogens with one attached hydrogen (secondary N) is 1. The van der Waals surface area contributed by atoms with E-state index in [1.54, 1.807) is 61.7 Å². The van der Waals surface area contributed by atoms with Gasteiger partial charge in [0.1, 0.15) is 5.75 Å². The van der Waals surface area contributed by atoms with Crippen LogP contribution in [0.4, 0.5) is 5.69 Å². The van der Waals surface area contributed by atoms with Crippen molar-refractivity contribution in [2.24, 2.45) is 0 Å². The van der Waals surface area contributed by atoms with Gasteiger partial charge in [0, 0.05) is 17.3 Å². The van der Waals surface area contributed by atoms with Crippen LogP contribution in [0.3, 0.4) is 0 Å². The maximum atomic E-state index is 12.3. The van der Waals surface area contributed by atoms with Crippen molar-refractivity contribution in [3.8, 4) is 17.2 Å². The molecule has 0 bridgehead atoms. The maximum absolute atomic E-state index is 12.3. The first-order valence-corrected chi connectivity index (χ1v) is 10.2. The molecule has 0 heterocycles. The number of rotatable bonds is 8. The molecular weight excluding hydrogens is 406 g/mol. The Morgan fingerprint density at radius 3 is 2.28 bits per heavy atom. The van der Waals surface area contributed by atoms with Crippen LogP contribution in [0.2, 0.25) is 0 Å². The topological polar surface area (TPSA) is 73.9 Å². The molecule has 0 spiro atoms. The van der Waals surface area contributed by atoms with Gasteiger partial charge < -0.3 is 19.5 Å². The first-order valence-electron chi connectivity index (χ1n) is 10.2. The van der Waals surface area contributed by atoms with Crippen molar-refractivity contribution in [1.29, 1.82) is 0 Å². The molecule has 3 rings (SSSR count). The lowest BCUT2D eigenvalue weighted by Crippen LogP contribution is -2.11. The molecule has 0 aliphatic heterocycles. The first-order chi connectivity index (χ1) is 15.4. The van der Waals surface area contributed by atoms with E-state index in [0.29, 0.717) is 28.5 Å². The van der Waals surface area contributed by atoms with E-state index < -0.39 is 5.97 Å². The van der Waals surface area contributed by atoms with E-state index >= 15 is 0 Å². The summed E-state index contributed by atoms with van der Waals surface area (Å²) < 4.78 is 16.3. The Hall–Kier alpha value is -4.06. The van der Waals surface area contributed by atoms with E-state index in [4.69, 9.17) is 14.2 Å². The van der Waals surface area contributed by atoms with Gasteiger partial charge in [0.05, 0.1) is 13.2 Å². The van der Waals surface area contributed by atoms with E-state index in [1.807, 2.05) is 38.1 Å². The van der Waals surface area contributed by atoms with Crippen LogP contribution in [0.25, 0.3) is 6.08 Å². The van der Waals surface area contributed by atoms with Crippen molar-refractivity contribution < 1.29 is 23.8 Å². The van der Waals surface area contributed by atoms with Gasteiger partial charge in [-0.05, 0) is 74.0 Å². The lowest BCUT2D eigenvalue weighted by Gasteiger charge is -2.13. The first kappa shape index (κ1) is 22.6. The molecule has 0 unspecified atom stereocenters. The Kier molecular flexibility index (Phi) is 7.65. The summed E-state index contributed by atoms with van der Waals surface area (Å²) in [5, 5.41) is 2.80. The van der Waals surface area contributed by atoms with Crippen molar-refractivity contribution in [3.05, 3.63) is 90.0 Å². The van der Waals surface area contributed by atoms with E-state index in [-0.39, 0.29) is 12.0 Å². The van der Waals surface area contributed by atoms with E-state index in [1.165, 1.54) is 6.08 Å². The predicted molar refractivity (Wildman–Crippen MR) is 124 cm³/mol. The number of esters is 1. The van der Waals surface area contributed by atoms with Gasteiger partial charge in [0.25, 0.3) is 5.91 Å². The lowest BCUT2D eigenvalue weighted by molar-refractivity contribution is -0.128. The minimum atomic E-state index is -0.534. The molecule has 0 atom stereocenters. The highest BCUT2D eigenvalue weighted by Gasteiger charge is 2.09. The number of carbonyl (C=O) groups is 2. The van der Waals surface area contributed by atoms with Gasteiger partial charge in [0.15, 0.2) is 11.5 Å². The molecule has 6 nitrogen and oxygen atoms in total. The van der Waals surface area contributed by atoms with Gasteiger partial charge in [0.2, 0.25) is 0 Å². The fourth-order valence-corrected chi connectivity index (χ4v) is 2.85. The number of hydrogen-bond donors (Lipinski definition) is 1. The van der Waals surface area contributed by atoms with Crippen LogP contribution in [0.5, 0.6) is 17.2 Å². The number of anilines is 1. The summed E-state index contributed by atoms with van der Waals surface area (Å²) in [4.78, 5) is 24.5. The molecule has 1 N–H and O–H groups in total. The molecule has 0 aromatic heterocycles. The van der Waals surface area contributed by atoms with Crippen molar-refractivity contribution in [2.75, 3.05) is 12.4 Å². The maximum Gasteiger partial charge on any atom is 0.336 e. The summed E-state index contributed by atoms with van der Waals surface area (Å²) in [6, 6.07) is 20.9. The normalized spacial score (nSPS) is 10.8. The van der Waals surface area contributed by atoms with Crippen LogP contribution >= 0.6 is 0 Å². The molecule has 164 valence electrons. The monoisotopic (exact) mass is 431 g/mol. The Labute approximate surface area is 187 Å². The molecule has 0 saturated carbocycles. The largest absolute Gasteiger partial charge is 0.493 e. The highest BCUT2D eigenvalue weighted by atomic mass is 16.5. The average molecular weight is 431 g/mol. The molecule has 0 saturated heterocycles. The van der Waals surface area contributed by atoms with Crippen LogP contribution < -0.4 is 19.5 Å². The number of benzene rings is 3. The molecular formula is C26H25NO5. The zero-order valence-corrected chi connectivity index (χ0v) is 18.2. The lowest BCUT2D eigenvalue weighted by atomic mass is 10.2. The Morgan fingerprint density at radius 2 is 1.62 bits per heavy atom. The summed E-state index contributed by atoms with van der Waals surface area (Å²) in [5.74, 6) is 0.784. The number of hydrogen-bond acceptors (Lipinski definition) is 5. The Morgan fingerprint density at radius 1 is 0.906 bits per heavy atom. The van der Waals surface area contributed by atoms with Crippen LogP contribution in [0.15, 0.2) is 78.9 Å². The molecule has 6 heteroatoms. The van der Waals surface area contributed by atoms with E-state index in [0.717, 1.165) is 5.56 Å². The van der Waals surface area contributed by atoms with Gasteiger partial charge in [-0.25, -0.2) is 4.79 Å². The molecule has 0 fully saturated rings. The molecule has 0 radical (unpaired) electrons. The highest BCUT2D eigenvalue weighted by Crippen LogP contribution is 2.29. The SMILES string of the molecule is COc1cc(/C=C/C(=O)Oc2ccc(C(=O)Nc3ccccc3)cc2)ccc1OC(C)C. The third-order valence-corrected chi connectivity index (χ3v) is 4.33. The molecule has 1 amide bonds. The summed E-state index contributed by atoms with van der Waals surface area (Å²) >= 11 is 0. The number of amides is 1. The Balaban J connectivity index is 1.59. The third kappa shape index (κ3) is 6.47. The smallest absolute Gasteiger partial charge is 0.336 e. The summed E-state index contributed by atoms with van der Waals surface area (Å²) in [6.07, 6.45) is 2.98. The number of carbonyl (C=O) groups excluding carboxylic acids is 2. The van der Waals surface area contributed by atoms with E-state index in [9.17, 15) is 9.59 Å². The number of ether oxygens (including phenoxy) is 3. The van der Waals surface area contributed by atoms with Gasteiger partial charge in [-0.15, -0.1) is 0 Å². The Bertz CT molecular complexity index is 1090. The van der Waals surface area contributed by atoms with Crippen LogP contribution in [-0.2, 0) is 4.79 Å². The van der Waals surface area contributed by atoms with Gasteiger partial charge >= 0.3 is 5.97 Å². The summed E-state index contributed by atoms with van der Waals surface area (Å²) in [7, 11) is 1.56. The summed E-state index contributed by atoms with van der Waals surface area (Å²) in [6.45, 7) is 3.87. The number of para-hydroxylation sites is 1. The minimum Gasteiger partial charge on any atom is -0.493 e. The quantitative estimate of drug-likeness (QED) is 0.296. The number of methoxy groups -OCH3 is 1. The average Bonchev–Trinajstić information content (AvgIpc) is 2.79. The van der Waals surface area contributed by atoms with Crippen molar-refractivity contribution in [1.82, 2.24) is 0 Å². The molecule has 32 heavy (non-hydrogen) atoms. The molecule has 3 aromatic rings. The standard InChI is InChI=1S/C26H25NO5/c1-18(2)31-23-15-9-19(17-24(23)30-3)10-16-25(28)32-22-13-11-20(12-14-22)26(29)27-21-7-5-4-6-8-21/h4-18H,1-3H3,(H,27,29)/b16-10+. The van der Waals surface area contributed by atoms with Crippen molar-refractivity contribution in [3.63, 3.8) is 0 Å². The van der Waals surface area contributed by atoms with Crippen LogP contribution in [0, 0.1) is 0 Å². The van der Waals surface area contributed by atoms with Crippen molar-refractivity contribution >= 4 is 23.6 Å². The van der Waals surface area contributed by atoms with Crippen LogP contribution in [-0.4, -0.2) is 25.1 Å². The van der Waals surface area contributed by atoms with Gasteiger partial charge in [-0.1, -0.05) is 24.3 Å². The van der Waals surface area contributed by atoms with Gasteiger partial charge in [-0.2, -0.15) is 0 Å². The highest BCUT2D eigenvalue weighted by molar-refractivity contribution is 6.04. The van der Waals surface area contributed by atoms with Gasteiger partial charge in [-0.3, -0.25) is 4.79 Å². The van der Waals surface area contributed by atoms with Crippen molar-refractivity contribution in [2.45, 2.75) is 20.0 Å². The molecule has 0 aliphatic carbocycles. The van der Waals surface area contributed by atoms with Crippen LogP contribution in [0.1, 0.15) is 29.8 Å². The second kappa shape index (κ2) is 10.8.